The normalized spacial score (nSPS) is 13.2. The van der Waals surface area contributed by atoms with E-state index in [9.17, 15) is 26.0 Å². The lowest BCUT2D eigenvalue weighted by Gasteiger charge is -2.15. The van der Waals surface area contributed by atoms with E-state index in [0.29, 0.717) is 23.6 Å². The molecule has 9 heteroatoms. The summed E-state index contributed by atoms with van der Waals surface area (Å²) in [6.45, 7) is 0. The molecule has 0 heterocycles. The van der Waals surface area contributed by atoms with Crippen molar-refractivity contribution in [1.82, 2.24) is 0 Å². The van der Waals surface area contributed by atoms with Crippen molar-refractivity contribution in [3.05, 3.63) is 59.2 Å². The molecule has 3 rings (SSSR count). The molecule has 25 heavy (non-hydrogen) atoms. The number of alkyl halides is 2. The van der Waals surface area contributed by atoms with Crippen LogP contribution in [0.4, 0.5) is 23.2 Å². The van der Waals surface area contributed by atoms with Crippen molar-refractivity contribution in [2.45, 2.75) is 12.2 Å². The van der Waals surface area contributed by atoms with Gasteiger partial charge in [-0.25, -0.2) is 17.2 Å². The summed E-state index contributed by atoms with van der Waals surface area (Å²) in [6.07, 6.45) is 3.59. The smallest absolute Gasteiger partial charge is 0.355 e. The van der Waals surface area contributed by atoms with E-state index in [1.807, 2.05) is 4.72 Å². The molecule has 0 saturated heterocycles. The van der Waals surface area contributed by atoms with Gasteiger partial charge in [-0.1, -0.05) is 12.2 Å². The standard InChI is InChI=1S/C16H11F4NO3S/c17-9-6-10(18)8-11(7-9)24-15-5-4-14(12-2-1-3-13(12)15)21-25(22,23)16(19)20/h1-2,4-8,16,21H,3H2. The SMILES string of the molecule is O=S(=O)(Nc1ccc(Oc2cc(F)cc(F)c2)c2c1C=CC2)C(F)F. The molecule has 1 aliphatic carbocycles. The number of fused-ring (bicyclic) bond motifs is 1. The number of anilines is 1. The second-order valence-corrected chi connectivity index (χ2v) is 6.88. The van der Waals surface area contributed by atoms with Gasteiger partial charge in [-0.15, -0.1) is 0 Å². The highest BCUT2D eigenvalue weighted by Gasteiger charge is 2.26. The Morgan fingerprint density at radius 1 is 1.08 bits per heavy atom. The van der Waals surface area contributed by atoms with E-state index in [1.165, 1.54) is 12.1 Å². The molecular weight excluding hydrogens is 362 g/mol. The van der Waals surface area contributed by atoms with Crippen LogP contribution in [0.3, 0.4) is 0 Å². The third kappa shape index (κ3) is 3.60. The monoisotopic (exact) mass is 373 g/mol. The fourth-order valence-corrected chi connectivity index (χ4v) is 3.01. The van der Waals surface area contributed by atoms with Crippen molar-refractivity contribution in [3.8, 4) is 11.5 Å². The highest BCUT2D eigenvalue weighted by Crippen LogP contribution is 2.37. The lowest BCUT2D eigenvalue weighted by atomic mass is 10.1. The Hall–Kier alpha value is -2.55. The van der Waals surface area contributed by atoms with Crippen LogP contribution in [0.2, 0.25) is 0 Å². The molecule has 1 N–H and O–H groups in total. The molecule has 0 atom stereocenters. The molecule has 0 spiro atoms. The summed E-state index contributed by atoms with van der Waals surface area (Å²) in [5.41, 5.74) is 0.847. The van der Waals surface area contributed by atoms with Crippen molar-refractivity contribution >= 4 is 21.8 Å². The number of allylic oxidation sites excluding steroid dienone is 1. The Bertz CT molecular complexity index is 938. The summed E-state index contributed by atoms with van der Waals surface area (Å²) in [4.78, 5) is 0. The highest BCUT2D eigenvalue weighted by molar-refractivity contribution is 7.93. The van der Waals surface area contributed by atoms with Gasteiger partial charge in [0, 0.05) is 29.3 Å². The number of hydrogen-bond acceptors (Lipinski definition) is 3. The Morgan fingerprint density at radius 3 is 2.40 bits per heavy atom. The van der Waals surface area contributed by atoms with Crippen molar-refractivity contribution in [3.63, 3.8) is 0 Å². The first-order valence-corrected chi connectivity index (χ1v) is 8.57. The summed E-state index contributed by atoms with van der Waals surface area (Å²) >= 11 is 0. The molecule has 0 saturated carbocycles. The fraction of sp³-hybridized carbons (Fsp3) is 0.125. The first-order chi connectivity index (χ1) is 11.8. The predicted molar refractivity (Wildman–Crippen MR) is 84.2 cm³/mol. The molecule has 0 amide bonds. The van der Waals surface area contributed by atoms with Crippen molar-refractivity contribution in [2.75, 3.05) is 4.72 Å². The van der Waals surface area contributed by atoms with Crippen LogP contribution in [0.25, 0.3) is 6.08 Å². The van der Waals surface area contributed by atoms with Gasteiger partial charge < -0.3 is 4.74 Å². The van der Waals surface area contributed by atoms with Gasteiger partial charge in [0.05, 0.1) is 5.69 Å². The highest BCUT2D eigenvalue weighted by atomic mass is 32.2. The van der Waals surface area contributed by atoms with E-state index in [2.05, 4.69) is 0 Å². The van der Waals surface area contributed by atoms with E-state index in [4.69, 9.17) is 4.74 Å². The topological polar surface area (TPSA) is 55.4 Å². The first-order valence-electron chi connectivity index (χ1n) is 7.02. The minimum absolute atomic E-state index is 0.0261. The quantitative estimate of drug-likeness (QED) is 0.796. The van der Waals surface area contributed by atoms with Crippen molar-refractivity contribution in [2.24, 2.45) is 0 Å². The second kappa shape index (κ2) is 6.40. The molecular formula is C16H11F4NO3S. The van der Waals surface area contributed by atoms with Gasteiger partial charge in [-0.3, -0.25) is 4.72 Å². The van der Waals surface area contributed by atoms with Crippen LogP contribution in [0.1, 0.15) is 11.1 Å². The minimum Gasteiger partial charge on any atom is -0.457 e. The molecule has 2 aromatic rings. The van der Waals surface area contributed by atoms with Gasteiger partial charge in [0.15, 0.2) is 0 Å². The zero-order valence-corrected chi connectivity index (χ0v) is 13.3. The zero-order chi connectivity index (χ0) is 18.2. The van der Waals surface area contributed by atoms with Crippen LogP contribution in [0, 0.1) is 11.6 Å². The molecule has 0 radical (unpaired) electrons. The van der Waals surface area contributed by atoms with Crippen LogP contribution in [-0.2, 0) is 16.4 Å². The van der Waals surface area contributed by atoms with Crippen molar-refractivity contribution < 1.29 is 30.7 Å². The molecule has 4 nitrogen and oxygen atoms in total. The number of rotatable bonds is 5. The number of hydrogen-bond donors (Lipinski definition) is 1. The number of halogens is 4. The predicted octanol–water partition coefficient (Wildman–Crippen LogP) is 4.29. The Kier molecular flexibility index (Phi) is 4.42. The maximum Gasteiger partial charge on any atom is 0.355 e. The summed E-state index contributed by atoms with van der Waals surface area (Å²) in [7, 11) is -4.81. The largest absolute Gasteiger partial charge is 0.457 e. The number of nitrogens with one attached hydrogen (secondary N) is 1. The molecule has 0 aromatic heterocycles. The van der Waals surface area contributed by atoms with Gasteiger partial charge in [-0.05, 0) is 18.6 Å². The Labute approximate surface area is 140 Å². The van der Waals surface area contributed by atoms with Crippen LogP contribution < -0.4 is 9.46 Å². The third-order valence-electron chi connectivity index (χ3n) is 3.47. The van der Waals surface area contributed by atoms with Crippen LogP contribution >= 0.6 is 0 Å². The fourth-order valence-electron chi connectivity index (χ4n) is 2.44. The molecule has 1 aliphatic rings. The molecule has 0 unspecified atom stereocenters. The average Bonchev–Trinajstić information content (AvgIpc) is 2.98. The maximum absolute atomic E-state index is 13.3. The van der Waals surface area contributed by atoms with E-state index >= 15 is 0 Å². The van der Waals surface area contributed by atoms with E-state index in [-0.39, 0.29) is 17.2 Å². The maximum atomic E-state index is 13.3. The Balaban J connectivity index is 1.95. The summed E-state index contributed by atoms with van der Waals surface area (Å²) in [5.74, 6) is -5.03. The number of sulfonamides is 1. The second-order valence-electron chi connectivity index (χ2n) is 5.22. The Morgan fingerprint density at radius 2 is 1.76 bits per heavy atom. The molecule has 0 fully saturated rings. The van der Waals surface area contributed by atoms with Gasteiger partial charge in [-0.2, -0.15) is 8.78 Å². The third-order valence-corrected chi connectivity index (χ3v) is 4.44. The first kappa shape index (κ1) is 17.3. The summed E-state index contributed by atoms with van der Waals surface area (Å²) in [6, 6.07) is 5.27. The average molecular weight is 373 g/mol. The van der Waals surface area contributed by atoms with E-state index in [1.54, 1.807) is 12.2 Å². The van der Waals surface area contributed by atoms with Gasteiger partial charge >= 0.3 is 5.76 Å². The minimum atomic E-state index is -4.81. The van der Waals surface area contributed by atoms with Crippen molar-refractivity contribution in [1.29, 1.82) is 0 Å². The van der Waals surface area contributed by atoms with Crippen LogP contribution in [0.15, 0.2) is 36.4 Å². The molecule has 132 valence electrons. The number of benzene rings is 2. The molecule has 0 aliphatic heterocycles. The summed E-state index contributed by atoms with van der Waals surface area (Å²) in [5, 5.41) is 0. The lowest BCUT2D eigenvalue weighted by molar-refractivity contribution is 0.236. The van der Waals surface area contributed by atoms with Crippen LogP contribution in [0.5, 0.6) is 11.5 Å². The van der Waals surface area contributed by atoms with Gasteiger partial charge in [0.25, 0.3) is 10.0 Å². The van der Waals surface area contributed by atoms with Gasteiger partial charge in [0.1, 0.15) is 23.1 Å². The van der Waals surface area contributed by atoms with Gasteiger partial charge in [0.2, 0.25) is 0 Å². The van der Waals surface area contributed by atoms with E-state index < -0.39 is 27.4 Å². The summed E-state index contributed by atoms with van der Waals surface area (Å²) < 4.78 is 81.6. The van der Waals surface area contributed by atoms with E-state index in [0.717, 1.165) is 12.1 Å². The van der Waals surface area contributed by atoms with Crippen LogP contribution in [-0.4, -0.2) is 14.2 Å². The molecule has 2 aromatic carbocycles. The number of ether oxygens (including phenoxy) is 1. The zero-order valence-electron chi connectivity index (χ0n) is 12.5. The lowest BCUT2D eigenvalue weighted by Crippen LogP contribution is -2.21. The molecule has 0 bridgehead atoms.